The van der Waals surface area contributed by atoms with Gasteiger partial charge in [-0.1, -0.05) is 23.7 Å². The van der Waals surface area contributed by atoms with Crippen LogP contribution in [0.1, 0.15) is 15.9 Å². The molecule has 3 rings (SSSR count). The highest BCUT2D eigenvalue weighted by Gasteiger charge is 2.11. The molecule has 0 unspecified atom stereocenters. The van der Waals surface area contributed by atoms with Crippen LogP contribution in [0, 0.1) is 6.92 Å². The first-order valence-electron chi connectivity index (χ1n) is 7.86. The summed E-state index contributed by atoms with van der Waals surface area (Å²) in [4.78, 5) is 20.8. The van der Waals surface area contributed by atoms with Crippen LogP contribution in [0.2, 0.25) is 5.02 Å². The Balaban J connectivity index is 1.71. The van der Waals surface area contributed by atoms with Crippen molar-refractivity contribution in [3.8, 4) is 5.75 Å². The summed E-state index contributed by atoms with van der Waals surface area (Å²) in [6.07, 6.45) is 2.93. The lowest BCUT2D eigenvalue weighted by atomic mass is 10.2. The molecular weight excluding hydrogens is 352 g/mol. The van der Waals surface area contributed by atoms with E-state index in [-0.39, 0.29) is 5.91 Å². The second-order valence-corrected chi connectivity index (χ2v) is 5.97. The summed E-state index contributed by atoms with van der Waals surface area (Å²) < 4.78 is 5.22. The number of hydrogen-bond acceptors (Lipinski definition) is 5. The van der Waals surface area contributed by atoms with Gasteiger partial charge in [0.05, 0.1) is 18.4 Å². The maximum absolute atomic E-state index is 12.4. The molecule has 7 heteroatoms. The van der Waals surface area contributed by atoms with Gasteiger partial charge in [-0.25, -0.2) is 9.97 Å². The molecule has 0 fully saturated rings. The molecule has 0 atom stereocenters. The van der Waals surface area contributed by atoms with Gasteiger partial charge in [-0.2, -0.15) is 0 Å². The van der Waals surface area contributed by atoms with Crippen LogP contribution in [0.3, 0.4) is 0 Å². The van der Waals surface area contributed by atoms with Crippen molar-refractivity contribution < 1.29 is 9.53 Å². The van der Waals surface area contributed by atoms with Crippen molar-refractivity contribution in [3.05, 3.63) is 71.0 Å². The van der Waals surface area contributed by atoms with Gasteiger partial charge in [-0.15, -0.1) is 0 Å². The van der Waals surface area contributed by atoms with Gasteiger partial charge in [0.25, 0.3) is 5.91 Å². The van der Waals surface area contributed by atoms with Crippen LogP contribution in [0.25, 0.3) is 0 Å². The van der Waals surface area contributed by atoms with E-state index in [1.165, 1.54) is 12.4 Å². The number of halogens is 1. The third-order valence-corrected chi connectivity index (χ3v) is 3.94. The predicted molar refractivity (Wildman–Crippen MR) is 102 cm³/mol. The van der Waals surface area contributed by atoms with Gasteiger partial charge in [0.15, 0.2) is 0 Å². The molecule has 0 bridgehead atoms. The molecule has 26 heavy (non-hydrogen) atoms. The SMILES string of the molecule is COc1ccccc1NC(=O)c1cnc(Nc2ccc(Cl)cc2C)nc1. The van der Waals surface area contributed by atoms with E-state index < -0.39 is 0 Å². The van der Waals surface area contributed by atoms with E-state index in [0.717, 1.165) is 11.3 Å². The number of carbonyl (C=O) groups is 1. The molecule has 0 aliphatic carbocycles. The Morgan fingerprint density at radius 2 is 1.81 bits per heavy atom. The molecule has 0 aliphatic heterocycles. The van der Waals surface area contributed by atoms with Crippen molar-refractivity contribution in [3.63, 3.8) is 0 Å². The molecule has 0 spiro atoms. The van der Waals surface area contributed by atoms with Crippen LogP contribution in [0.15, 0.2) is 54.9 Å². The normalized spacial score (nSPS) is 10.3. The minimum absolute atomic E-state index is 0.316. The summed E-state index contributed by atoms with van der Waals surface area (Å²) in [6, 6.07) is 12.7. The smallest absolute Gasteiger partial charge is 0.258 e. The number of nitrogens with zero attached hydrogens (tertiary/aromatic N) is 2. The van der Waals surface area contributed by atoms with Gasteiger partial charge >= 0.3 is 0 Å². The lowest BCUT2D eigenvalue weighted by Gasteiger charge is -2.10. The number of methoxy groups -OCH3 is 1. The Labute approximate surface area is 156 Å². The van der Waals surface area contributed by atoms with Gasteiger partial charge < -0.3 is 15.4 Å². The van der Waals surface area contributed by atoms with E-state index in [2.05, 4.69) is 20.6 Å². The Morgan fingerprint density at radius 3 is 2.50 bits per heavy atom. The zero-order valence-electron chi connectivity index (χ0n) is 14.3. The van der Waals surface area contributed by atoms with E-state index in [1.54, 1.807) is 25.3 Å². The van der Waals surface area contributed by atoms with Crippen LogP contribution in [-0.2, 0) is 0 Å². The van der Waals surface area contributed by atoms with Crippen molar-refractivity contribution in [1.29, 1.82) is 0 Å². The number of rotatable bonds is 5. The van der Waals surface area contributed by atoms with Crippen molar-refractivity contribution in [1.82, 2.24) is 9.97 Å². The van der Waals surface area contributed by atoms with Crippen molar-refractivity contribution >= 4 is 34.8 Å². The maximum atomic E-state index is 12.4. The van der Waals surface area contributed by atoms with E-state index in [0.29, 0.717) is 28.0 Å². The van der Waals surface area contributed by atoms with Gasteiger partial charge in [0.2, 0.25) is 5.95 Å². The molecule has 2 aromatic carbocycles. The second kappa shape index (κ2) is 7.84. The van der Waals surface area contributed by atoms with Crippen molar-refractivity contribution in [2.75, 3.05) is 17.7 Å². The summed E-state index contributed by atoms with van der Waals surface area (Å²) in [5.74, 6) is 0.659. The topological polar surface area (TPSA) is 76.1 Å². The third-order valence-electron chi connectivity index (χ3n) is 3.70. The van der Waals surface area contributed by atoms with Gasteiger partial charge in [-0.3, -0.25) is 4.79 Å². The lowest BCUT2D eigenvalue weighted by Crippen LogP contribution is -2.13. The highest BCUT2D eigenvalue weighted by molar-refractivity contribution is 6.30. The maximum Gasteiger partial charge on any atom is 0.258 e. The summed E-state index contributed by atoms with van der Waals surface area (Å²) >= 11 is 5.95. The number of nitrogens with one attached hydrogen (secondary N) is 2. The van der Waals surface area contributed by atoms with Crippen molar-refractivity contribution in [2.45, 2.75) is 6.92 Å². The molecule has 0 saturated heterocycles. The number of ether oxygens (including phenoxy) is 1. The minimum Gasteiger partial charge on any atom is -0.495 e. The summed E-state index contributed by atoms with van der Waals surface area (Å²) in [5, 5.41) is 6.55. The fourth-order valence-electron chi connectivity index (χ4n) is 2.34. The summed E-state index contributed by atoms with van der Waals surface area (Å²) in [5.41, 5.74) is 2.74. The number of benzene rings is 2. The van der Waals surface area contributed by atoms with Crippen LogP contribution < -0.4 is 15.4 Å². The standard InChI is InChI=1S/C19H17ClN4O2/c1-12-9-14(20)7-8-15(12)24-19-21-10-13(11-22-19)18(25)23-16-5-3-4-6-17(16)26-2/h3-11H,1-2H3,(H,23,25)(H,21,22,24). The first-order chi connectivity index (χ1) is 12.6. The second-order valence-electron chi connectivity index (χ2n) is 5.53. The molecule has 1 aromatic heterocycles. The Bertz CT molecular complexity index is 929. The molecule has 0 aliphatic rings. The summed E-state index contributed by atoms with van der Waals surface area (Å²) in [6.45, 7) is 1.93. The highest BCUT2D eigenvalue weighted by atomic mass is 35.5. The van der Waals surface area contributed by atoms with Crippen LogP contribution in [0.4, 0.5) is 17.3 Å². The average molecular weight is 369 g/mol. The van der Waals surface area contributed by atoms with E-state index >= 15 is 0 Å². The largest absolute Gasteiger partial charge is 0.495 e. The number of para-hydroxylation sites is 2. The number of amides is 1. The molecule has 0 radical (unpaired) electrons. The Hall–Kier alpha value is -3.12. The number of carbonyl (C=O) groups excluding carboxylic acids is 1. The molecule has 132 valence electrons. The van der Waals surface area contributed by atoms with E-state index in [9.17, 15) is 4.79 Å². The number of aryl methyl sites for hydroxylation is 1. The van der Waals surface area contributed by atoms with Gasteiger partial charge in [0.1, 0.15) is 5.75 Å². The van der Waals surface area contributed by atoms with E-state index in [4.69, 9.17) is 16.3 Å². The molecule has 0 saturated carbocycles. The van der Waals surface area contributed by atoms with E-state index in [1.807, 2.05) is 31.2 Å². The molecule has 1 amide bonds. The highest BCUT2D eigenvalue weighted by Crippen LogP contribution is 2.24. The Kier molecular flexibility index (Phi) is 5.34. The first-order valence-corrected chi connectivity index (χ1v) is 8.24. The third kappa shape index (κ3) is 4.10. The molecule has 6 nitrogen and oxygen atoms in total. The predicted octanol–water partition coefficient (Wildman–Crippen LogP) is 4.44. The summed E-state index contributed by atoms with van der Waals surface area (Å²) in [7, 11) is 1.55. The van der Waals surface area contributed by atoms with Crippen molar-refractivity contribution in [2.24, 2.45) is 0 Å². The zero-order chi connectivity index (χ0) is 18.5. The van der Waals surface area contributed by atoms with Crippen LogP contribution in [0.5, 0.6) is 5.75 Å². The molecular formula is C19H17ClN4O2. The monoisotopic (exact) mass is 368 g/mol. The fraction of sp³-hybridized carbons (Fsp3) is 0.105. The van der Waals surface area contributed by atoms with Gasteiger partial charge in [0, 0.05) is 23.1 Å². The molecule has 3 aromatic rings. The van der Waals surface area contributed by atoms with Gasteiger partial charge in [-0.05, 0) is 42.8 Å². The number of aromatic nitrogens is 2. The Morgan fingerprint density at radius 1 is 1.08 bits per heavy atom. The molecule has 2 N–H and O–H groups in total. The minimum atomic E-state index is -0.316. The average Bonchev–Trinajstić information content (AvgIpc) is 2.65. The van der Waals surface area contributed by atoms with Crippen LogP contribution >= 0.6 is 11.6 Å². The van der Waals surface area contributed by atoms with Crippen LogP contribution in [-0.4, -0.2) is 23.0 Å². The first kappa shape index (κ1) is 17.7. The lowest BCUT2D eigenvalue weighted by molar-refractivity contribution is 0.102. The zero-order valence-corrected chi connectivity index (χ0v) is 15.0. The fourth-order valence-corrected chi connectivity index (χ4v) is 2.57. The number of anilines is 3. The quantitative estimate of drug-likeness (QED) is 0.696. The molecule has 1 heterocycles. The number of hydrogen-bond donors (Lipinski definition) is 2.